The number of anilines is 1. The Balaban J connectivity index is 2.19. The van der Waals surface area contributed by atoms with Crippen molar-refractivity contribution in [1.29, 1.82) is 0 Å². The second-order valence-corrected chi connectivity index (χ2v) is 6.94. The number of nitrogens with zero attached hydrogens (tertiary/aromatic N) is 1. The number of alkyl halides is 3. The van der Waals surface area contributed by atoms with Gasteiger partial charge in [-0.1, -0.05) is 9.95 Å². The van der Waals surface area contributed by atoms with Crippen LogP contribution in [0.1, 0.15) is 25.2 Å². The first-order chi connectivity index (χ1) is 12.3. The second-order valence-electron chi connectivity index (χ2n) is 5.99. The van der Waals surface area contributed by atoms with Gasteiger partial charge in [-0.05, 0) is 50.2 Å². The Labute approximate surface area is 152 Å². The zero-order valence-electron chi connectivity index (χ0n) is 14.0. The van der Waals surface area contributed by atoms with E-state index >= 15 is 0 Å². The highest BCUT2D eigenvalue weighted by Gasteiger charge is 2.36. The van der Waals surface area contributed by atoms with Crippen LogP contribution in [0.2, 0.25) is 0 Å². The van der Waals surface area contributed by atoms with Gasteiger partial charge >= 0.3 is 16.7 Å². The van der Waals surface area contributed by atoms with Crippen LogP contribution in [0.3, 0.4) is 0 Å². The topological polar surface area (TPSA) is 85.4 Å². The number of benzene rings is 1. The Morgan fingerprint density at radius 1 is 1.04 bits per heavy atom. The Kier molecular flexibility index (Phi) is 5.45. The summed E-state index contributed by atoms with van der Waals surface area (Å²) < 4.78 is 75.7. The first kappa shape index (κ1) is 20.6. The first-order valence-electron chi connectivity index (χ1n) is 7.39. The fraction of sp³-hybridized carbons (Fsp3) is 0.250. The van der Waals surface area contributed by atoms with Crippen LogP contribution in [-0.4, -0.2) is 19.3 Å². The van der Waals surface area contributed by atoms with E-state index in [1.54, 1.807) is 0 Å². The van der Waals surface area contributed by atoms with Crippen LogP contribution in [0, 0.1) is 0 Å². The number of aromatic nitrogens is 1. The molecule has 11 heteroatoms. The Bertz CT molecular complexity index is 942. The van der Waals surface area contributed by atoms with Crippen molar-refractivity contribution in [3.63, 3.8) is 0 Å². The minimum Gasteiger partial charge on any atom is -0.358 e. The number of halogens is 4. The highest BCUT2D eigenvalue weighted by atomic mass is 32.3. The van der Waals surface area contributed by atoms with E-state index in [1.807, 2.05) is 0 Å². The van der Waals surface area contributed by atoms with Crippen molar-refractivity contribution in [1.82, 2.24) is 4.98 Å². The molecule has 0 saturated heterocycles. The summed E-state index contributed by atoms with van der Waals surface area (Å²) in [6.07, 6.45) is -4.64. The van der Waals surface area contributed by atoms with Gasteiger partial charge in [0.1, 0.15) is 11.4 Å². The van der Waals surface area contributed by atoms with Crippen LogP contribution in [0.4, 0.5) is 22.7 Å². The maximum atomic E-state index is 12.8. The number of nitrogens with one attached hydrogen (secondary N) is 1. The molecule has 2 rings (SSSR count). The van der Waals surface area contributed by atoms with Gasteiger partial charge in [0.15, 0.2) is 0 Å². The average molecular weight is 406 g/mol. The number of rotatable bonds is 5. The highest BCUT2D eigenvalue weighted by molar-refractivity contribution is 7.81. The lowest BCUT2D eigenvalue weighted by atomic mass is 9.87. The molecule has 146 valence electrons. The van der Waals surface area contributed by atoms with E-state index in [0.29, 0.717) is 0 Å². The van der Waals surface area contributed by atoms with Crippen molar-refractivity contribution in [2.75, 3.05) is 5.32 Å². The number of pyridine rings is 1. The van der Waals surface area contributed by atoms with E-state index in [4.69, 9.17) is 0 Å². The van der Waals surface area contributed by atoms with Gasteiger partial charge in [0, 0.05) is 5.69 Å². The molecule has 0 aliphatic heterocycles. The lowest BCUT2D eigenvalue weighted by molar-refractivity contribution is -0.141. The summed E-state index contributed by atoms with van der Waals surface area (Å²) in [5, 5.41) is 2.47. The summed E-state index contributed by atoms with van der Waals surface area (Å²) >= 11 is 0. The van der Waals surface area contributed by atoms with Crippen molar-refractivity contribution in [3.8, 4) is 5.75 Å². The third kappa shape index (κ3) is 5.39. The van der Waals surface area contributed by atoms with E-state index in [1.165, 1.54) is 32.0 Å². The SMILES string of the molecule is CC(C)(C(=O)Nc1ccc(OS(=O)(=O)F)cc1)c1cccc(C(F)(F)F)n1. The Morgan fingerprint density at radius 3 is 2.11 bits per heavy atom. The van der Waals surface area contributed by atoms with Crippen molar-refractivity contribution in [2.24, 2.45) is 0 Å². The van der Waals surface area contributed by atoms with Gasteiger partial charge in [0.25, 0.3) is 0 Å². The van der Waals surface area contributed by atoms with Crippen LogP contribution in [0.15, 0.2) is 42.5 Å². The minimum absolute atomic E-state index is 0.0849. The third-order valence-electron chi connectivity index (χ3n) is 3.56. The Morgan fingerprint density at radius 2 is 1.59 bits per heavy atom. The normalized spacial score (nSPS) is 12.5. The molecule has 1 aromatic heterocycles. The summed E-state index contributed by atoms with van der Waals surface area (Å²) in [6, 6.07) is 7.95. The molecule has 0 saturated carbocycles. The number of amides is 1. The molecule has 0 bridgehead atoms. The fourth-order valence-corrected chi connectivity index (χ4v) is 2.39. The molecule has 2 aromatic rings. The molecule has 0 aliphatic carbocycles. The van der Waals surface area contributed by atoms with Crippen LogP contribution >= 0.6 is 0 Å². The number of hydrogen-bond donors (Lipinski definition) is 1. The van der Waals surface area contributed by atoms with E-state index in [9.17, 15) is 30.3 Å². The molecule has 6 nitrogen and oxygen atoms in total. The second kappa shape index (κ2) is 7.14. The number of carbonyl (C=O) groups is 1. The maximum Gasteiger partial charge on any atom is 0.488 e. The summed E-state index contributed by atoms with van der Waals surface area (Å²) in [7, 11) is -5.18. The molecule has 0 unspecified atom stereocenters. The quantitative estimate of drug-likeness (QED) is 0.606. The first-order valence-corrected chi connectivity index (χ1v) is 8.70. The lowest BCUT2D eigenvalue weighted by Crippen LogP contribution is -2.36. The summed E-state index contributed by atoms with van der Waals surface area (Å²) in [5.74, 6) is -0.963. The number of hydrogen-bond acceptors (Lipinski definition) is 5. The fourth-order valence-electron chi connectivity index (χ4n) is 2.05. The molecule has 0 aliphatic rings. The van der Waals surface area contributed by atoms with Crippen molar-refractivity contribution in [2.45, 2.75) is 25.4 Å². The minimum atomic E-state index is -5.18. The van der Waals surface area contributed by atoms with Gasteiger partial charge < -0.3 is 9.50 Å². The summed E-state index contributed by atoms with van der Waals surface area (Å²) in [6.45, 7) is 2.80. The largest absolute Gasteiger partial charge is 0.488 e. The van der Waals surface area contributed by atoms with Crippen LogP contribution in [0.25, 0.3) is 0 Å². The van der Waals surface area contributed by atoms with Crippen molar-refractivity contribution < 1.29 is 34.5 Å². The molecular weight excluding hydrogens is 392 g/mol. The highest BCUT2D eigenvalue weighted by Crippen LogP contribution is 2.31. The predicted molar refractivity (Wildman–Crippen MR) is 88.0 cm³/mol. The van der Waals surface area contributed by atoms with Crippen LogP contribution in [-0.2, 0) is 26.9 Å². The average Bonchev–Trinajstić information content (AvgIpc) is 2.54. The predicted octanol–water partition coefficient (Wildman–Crippen LogP) is 3.61. The number of carbonyl (C=O) groups excluding carboxylic acids is 1. The Hall–Kier alpha value is -2.69. The molecular formula is C16H14F4N2O4S. The molecule has 0 atom stereocenters. The molecule has 1 heterocycles. The standard InChI is InChI=1S/C16H14F4N2O4S/c1-15(2,12-4-3-5-13(22-12)16(17,18)19)14(23)21-10-6-8-11(9-7-10)26-27(20,24)25/h3-9H,1-2H3,(H,21,23). The molecule has 0 spiro atoms. The summed E-state index contributed by atoms with van der Waals surface area (Å²) in [4.78, 5) is 16.0. The molecule has 0 fully saturated rings. The van der Waals surface area contributed by atoms with Gasteiger partial charge in [-0.15, -0.1) is 0 Å². The summed E-state index contributed by atoms with van der Waals surface area (Å²) in [5.41, 5.74) is -2.41. The van der Waals surface area contributed by atoms with Crippen LogP contribution < -0.4 is 9.50 Å². The van der Waals surface area contributed by atoms with E-state index in [2.05, 4.69) is 14.5 Å². The van der Waals surface area contributed by atoms with Crippen LogP contribution in [0.5, 0.6) is 5.75 Å². The lowest BCUT2D eigenvalue weighted by Gasteiger charge is -2.24. The van der Waals surface area contributed by atoms with Crippen molar-refractivity contribution >= 4 is 22.1 Å². The zero-order valence-corrected chi connectivity index (χ0v) is 14.9. The van der Waals surface area contributed by atoms with Gasteiger partial charge in [-0.3, -0.25) is 4.79 Å². The van der Waals surface area contributed by atoms with E-state index in [0.717, 1.165) is 24.3 Å². The van der Waals surface area contributed by atoms with Gasteiger partial charge in [0.2, 0.25) is 5.91 Å². The molecule has 1 N–H and O–H groups in total. The van der Waals surface area contributed by atoms with Gasteiger partial charge in [-0.25, -0.2) is 4.98 Å². The molecule has 0 radical (unpaired) electrons. The van der Waals surface area contributed by atoms with Gasteiger partial charge in [0.05, 0.1) is 11.1 Å². The maximum absolute atomic E-state index is 12.8. The molecule has 1 amide bonds. The van der Waals surface area contributed by atoms with E-state index in [-0.39, 0.29) is 17.1 Å². The smallest absolute Gasteiger partial charge is 0.358 e. The van der Waals surface area contributed by atoms with Crippen molar-refractivity contribution in [3.05, 3.63) is 53.9 Å². The third-order valence-corrected chi connectivity index (χ3v) is 3.95. The van der Waals surface area contributed by atoms with Gasteiger partial charge in [-0.2, -0.15) is 21.6 Å². The zero-order chi connectivity index (χ0) is 20.5. The molecule has 1 aromatic carbocycles. The monoisotopic (exact) mass is 406 g/mol. The molecule has 27 heavy (non-hydrogen) atoms. The van der Waals surface area contributed by atoms with E-state index < -0.39 is 33.7 Å².